The monoisotopic (exact) mass is 478 g/mol. The standard InChI is InChI=1S/C26H21F3N4O2/c1-16-11-12-17(21-9-4-5-13-30-21)19(15-16)25(34)33-14-6-10-22(33)24-31-23(32-35-24)18-7-2-3-8-20(18)26(27,28)29/h2-5,7-9,11-13,15,22H,6,10,14H2,1H3. The number of aryl methyl sites for hydroxylation is 1. The van der Waals surface area contributed by atoms with Gasteiger partial charge < -0.3 is 9.42 Å². The van der Waals surface area contributed by atoms with Crippen LogP contribution in [0.25, 0.3) is 22.6 Å². The Hall–Kier alpha value is -4.01. The number of carbonyl (C=O) groups is 1. The Labute approximate surface area is 199 Å². The predicted molar refractivity (Wildman–Crippen MR) is 122 cm³/mol. The normalized spacial score (nSPS) is 16.0. The van der Waals surface area contributed by atoms with Crippen LogP contribution in [0.1, 0.15) is 46.3 Å². The highest BCUT2D eigenvalue weighted by Gasteiger charge is 2.37. The summed E-state index contributed by atoms with van der Waals surface area (Å²) in [6.45, 7) is 2.37. The van der Waals surface area contributed by atoms with Gasteiger partial charge in [0.2, 0.25) is 11.7 Å². The molecule has 4 aromatic rings. The Balaban J connectivity index is 1.48. The van der Waals surface area contributed by atoms with Crippen LogP contribution in [-0.4, -0.2) is 32.5 Å². The lowest BCUT2D eigenvalue weighted by atomic mass is 10.00. The van der Waals surface area contributed by atoms with E-state index in [4.69, 9.17) is 4.52 Å². The molecule has 0 saturated carbocycles. The minimum absolute atomic E-state index is 0.120. The van der Waals surface area contributed by atoms with Crippen molar-refractivity contribution in [1.29, 1.82) is 0 Å². The van der Waals surface area contributed by atoms with E-state index in [0.29, 0.717) is 36.2 Å². The second kappa shape index (κ2) is 8.98. The molecule has 2 aromatic heterocycles. The van der Waals surface area contributed by atoms with Crippen LogP contribution in [0.2, 0.25) is 0 Å². The number of amides is 1. The highest BCUT2D eigenvalue weighted by atomic mass is 19.4. The molecule has 0 aliphatic carbocycles. The van der Waals surface area contributed by atoms with E-state index in [9.17, 15) is 18.0 Å². The Morgan fingerprint density at radius 2 is 1.86 bits per heavy atom. The summed E-state index contributed by atoms with van der Waals surface area (Å²) < 4.78 is 45.8. The molecule has 1 saturated heterocycles. The molecule has 1 atom stereocenters. The summed E-state index contributed by atoms with van der Waals surface area (Å²) >= 11 is 0. The van der Waals surface area contributed by atoms with Gasteiger partial charge in [-0.2, -0.15) is 18.2 Å². The molecule has 1 unspecified atom stereocenters. The summed E-state index contributed by atoms with van der Waals surface area (Å²) in [5.41, 5.74) is 1.80. The molecule has 1 aliphatic heterocycles. The van der Waals surface area contributed by atoms with E-state index in [-0.39, 0.29) is 23.2 Å². The lowest BCUT2D eigenvalue weighted by Gasteiger charge is -2.23. The number of nitrogens with zero attached hydrogens (tertiary/aromatic N) is 4. The van der Waals surface area contributed by atoms with E-state index in [1.807, 2.05) is 37.3 Å². The molecule has 2 aromatic carbocycles. The first kappa shape index (κ1) is 22.8. The number of rotatable bonds is 4. The highest BCUT2D eigenvalue weighted by Crippen LogP contribution is 2.38. The molecule has 0 bridgehead atoms. The third-order valence-corrected chi connectivity index (χ3v) is 6.06. The van der Waals surface area contributed by atoms with Crippen LogP contribution < -0.4 is 0 Å². The van der Waals surface area contributed by atoms with Gasteiger partial charge in [-0.1, -0.05) is 47.1 Å². The summed E-state index contributed by atoms with van der Waals surface area (Å²) in [6.07, 6.45) is -1.61. The molecule has 1 aliphatic rings. The van der Waals surface area contributed by atoms with Crippen LogP contribution >= 0.6 is 0 Å². The highest BCUT2D eigenvalue weighted by molar-refractivity contribution is 6.01. The van der Waals surface area contributed by atoms with Gasteiger partial charge in [-0.25, -0.2) is 0 Å². The zero-order chi connectivity index (χ0) is 24.6. The van der Waals surface area contributed by atoms with Gasteiger partial charge in [-0.15, -0.1) is 0 Å². The summed E-state index contributed by atoms with van der Waals surface area (Å²) in [5, 5.41) is 3.82. The van der Waals surface area contributed by atoms with Crippen molar-refractivity contribution in [3.63, 3.8) is 0 Å². The molecule has 5 rings (SSSR count). The number of carbonyl (C=O) groups excluding carboxylic acids is 1. The fraction of sp³-hybridized carbons (Fsp3) is 0.231. The first-order valence-electron chi connectivity index (χ1n) is 11.2. The average Bonchev–Trinajstić information content (AvgIpc) is 3.53. The number of hydrogen-bond donors (Lipinski definition) is 0. The lowest BCUT2D eigenvalue weighted by molar-refractivity contribution is -0.137. The molecule has 0 radical (unpaired) electrons. The number of aromatic nitrogens is 3. The zero-order valence-electron chi connectivity index (χ0n) is 18.8. The Morgan fingerprint density at radius 3 is 2.63 bits per heavy atom. The summed E-state index contributed by atoms with van der Waals surface area (Å²) in [7, 11) is 0. The summed E-state index contributed by atoms with van der Waals surface area (Å²) in [5.74, 6) is -0.251. The predicted octanol–water partition coefficient (Wildman–Crippen LogP) is 6.10. The van der Waals surface area contributed by atoms with Crippen molar-refractivity contribution in [2.24, 2.45) is 0 Å². The van der Waals surface area contributed by atoms with E-state index in [1.54, 1.807) is 17.2 Å². The first-order chi connectivity index (χ1) is 16.8. The van der Waals surface area contributed by atoms with Gasteiger partial charge in [0.05, 0.1) is 11.3 Å². The van der Waals surface area contributed by atoms with E-state index in [2.05, 4.69) is 15.1 Å². The number of hydrogen-bond acceptors (Lipinski definition) is 5. The molecule has 178 valence electrons. The maximum Gasteiger partial charge on any atom is 0.417 e. The van der Waals surface area contributed by atoms with Crippen LogP contribution in [0.4, 0.5) is 13.2 Å². The lowest BCUT2D eigenvalue weighted by Crippen LogP contribution is -2.31. The van der Waals surface area contributed by atoms with Crippen molar-refractivity contribution in [3.8, 4) is 22.6 Å². The Morgan fingerprint density at radius 1 is 1.06 bits per heavy atom. The molecule has 1 fully saturated rings. The first-order valence-corrected chi connectivity index (χ1v) is 11.2. The smallest absolute Gasteiger partial charge is 0.337 e. The molecule has 3 heterocycles. The SMILES string of the molecule is Cc1ccc(-c2ccccn2)c(C(=O)N2CCCC2c2nc(-c3ccccc3C(F)(F)F)no2)c1. The molecule has 35 heavy (non-hydrogen) atoms. The van der Waals surface area contributed by atoms with Crippen LogP contribution in [0, 0.1) is 6.92 Å². The van der Waals surface area contributed by atoms with Crippen molar-refractivity contribution in [2.75, 3.05) is 6.54 Å². The third kappa shape index (κ3) is 4.41. The van der Waals surface area contributed by atoms with Crippen LogP contribution in [-0.2, 0) is 6.18 Å². The minimum Gasteiger partial charge on any atom is -0.337 e. The Bertz CT molecular complexity index is 1370. The van der Waals surface area contributed by atoms with Crippen molar-refractivity contribution >= 4 is 5.91 Å². The van der Waals surface area contributed by atoms with Gasteiger partial charge in [0, 0.05) is 29.4 Å². The Kier molecular flexibility index (Phi) is 5.84. The second-order valence-corrected chi connectivity index (χ2v) is 8.42. The fourth-order valence-corrected chi connectivity index (χ4v) is 4.41. The quantitative estimate of drug-likeness (QED) is 0.354. The van der Waals surface area contributed by atoms with Gasteiger partial charge in [-0.05, 0) is 44.0 Å². The maximum absolute atomic E-state index is 13.7. The fourth-order valence-electron chi connectivity index (χ4n) is 4.41. The van der Waals surface area contributed by atoms with Crippen LogP contribution in [0.3, 0.4) is 0 Å². The second-order valence-electron chi connectivity index (χ2n) is 8.42. The molecule has 0 N–H and O–H groups in total. The average molecular weight is 478 g/mol. The molecular formula is C26H21F3N4O2. The number of benzene rings is 2. The van der Waals surface area contributed by atoms with Gasteiger partial charge in [0.25, 0.3) is 5.91 Å². The zero-order valence-corrected chi connectivity index (χ0v) is 18.8. The van der Waals surface area contributed by atoms with E-state index < -0.39 is 17.8 Å². The summed E-state index contributed by atoms with van der Waals surface area (Å²) in [6, 6.07) is 15.7. The van der Waals surface area contributed by atoms with Gasteiger partial charge >= 0.3 is 6.18 Å². The number of halogens is 3. The van der Waals surface area contributed by atoms with Crippen molar-refractivity contribution in [2.45, 2.75) is 32.0 Å². The summed E-state index contributed by atoms with van der Waals surface area (Å²) in [4.78, 5) is 24.0. The number of alkyl halides is 3. The van der Waals surface area contributed by atoms with Crippen molar-refractivity contribution in [1.82, 2.24) is 20.0 Å². The van der Waals surface area contributed by atoms with Crippen LogP contribution in [0.5, 0.6) is 0 Å². The molecule has 1 amide bonds. The van der Waals surface area contributed by atoms with Gasteiger partial charge in [0.1, 0.15) is 6.04 Å². The molecule has 9 heteroatoms. The molecule has 0 spiro atoms. The van der Waals surface area contributed by atoms with E-state index in [0.717, 1.165) is 11.6 Å². The van der Waals surface area contributed by atoms with Gasteiger partial charge in [-0.3, -0.25) is 9.78 Å². The number of likely N-dealkylation sites (tertiary alicyclic amines) is 1. The van der Waals surface area contributed by atoms with Crippen molar-refractivity contribution < 1.29 is 22.5 Å². The third-order valence-electron chi connectivity index (χ3n) is 6.06. The van der Waals surface area contributed by atoms with E-state index in [1.165, 1.54) is 18.2 Å². The topological polar surface area (TPSA) is 72.1 Å². The largest absolute Gasteiger partial charge is 0.417 e. The molecule has 6 nitrogen and oxygen atoms in total. The van der Waals surface area contributed by atoms with Crippen LogP contribution in [0.15, 0.2) is 71.4 Å². The minimum atomic E-state index is -4.56. The number of pyridine rings is 1. The van der Waals surface area contributed by atoms with Gasteiger partial charge in [0.15, 0.2) is 0 Å². The maximum atomic E-state index is 13.7. The van der Waals surface area contributed by atoms with Crippen molar-refractivity contribution in [3.05, 3.63) is 89.4 Å². The molecular weight excluding hydrogens is 457 g/mol. The van der Waals surface area contributed by atoms with E-state index >= 15 is 0 Å².